The molecular weight excluding hydrogens is 294 g/mol. The molecule has 4 aromatic carbocycles. The van der Waals surface area contributed by atoms with Crippen LogP contribution in [-0.2, 0) is 0 Å². The maximum Gasteiger partial charge on any atom is 0.180 e. The molecule has 0 aromatic heterocycles. The van der Waals surface area contributed by atoms with E-state index in [1.807, 2.05) is 12.1 Å². The van der Waals surface area contributed by atoms with E-state index in [4.69, 9.17) is 5.73 Å². The van der Waals surface area contributed by atoms with E-state index in [1.165, 1.54) is 26.9 Å². The molecule has 24 heavy (non-hydrogen) atoms. The Hall–Kier alpha value is -2.45. The molecule has 0 amide bonds. The van der Waals surface area contributed by atoms with E-state index in [0.717, 1.165) is 30.2 Å². The normalized spacial score (nSPS) is 13.1. The SMILES string of the molecule is CCCCC(N)C(=O)c1ccc2ccc3cccc4ccc1c2c34. The van der Waals surface area contributed by atoms with Crippen molar-refractivity contribution < 1.29 is 4.79 Å². The minimum Gasteiger partial charge on any atom is -0.321 e. The van der Waals surface area contributed by atoms with Crippen molar-refractivity contribution in [1.82, 2.24) is 0 Å². The number of Topliss-reactive ketones (excluding diaryl/α,β-unsaturated/α-hetero) is 1. The van der Waals surface area contributed by atoms with Gasteiger partial charge >= 0.3 is 0 Å². The zero-order valence-corrected chi connectivity index (χ0v) is 13.9. The average Bonchev–Trinajstić information content (AvgIpc) is 2.63. The molecule has 0 aliphatic rings. The van der Waals surface area contributed by atoms with E-state index in [1.54, 1.807) is 0 Å². The first-order valence-corrected chi connectivity index (χ1v) is 8.67. The van der Waals surface area contributed by atoms with Crippen LogP contribution in [0.2, 0.25) is 0 Å². The van der Waals surface area contributed by atoms with Gasteiger partial charge in [-0.1, -0.05) is 74.4 Å². The third-order valence-electron chi connectivity index (χ3n) is 5.00. The molecule has 0 radical (unpaired) electrons. The first-order valence-electron chi connectivity index (χ1n) is 8.67. The van der Waals surface area contributed by atoms with Gasteiger partial charge in [-0.05, 0) is 38.7 Å². The summed E-state index contributed by atoms with van der Waals surface area (Å²) in [4.78, 5) is 12.9. The van der Waals surface area contributed by atoms with Crippen LogP contribution in [0.3, 0.4) is 0 Å². The maximum absolute atomic E-state index is 12.9. The van der Waals surface area contributed by atoms with E-state index in [9.17, 15) is 4.79 Å². The van der Waals surface area contributed by atoms with Gasteiger partial charge in [0.2, 0.25) is 0 Å². The second-order valence-corrected chi connectivity index (χ2v) is 6.58. The van der Waals surface area contributed by atoms with Crippen LogP contribution in [0, 0.1) is 0 Å². The number of unbranched alkanes of at least 4 members (excludes halogenated alkanes) is 1. The van der Waals surface area contributed by atoms with Crippen molar-refractivity contribution in [3.05, 3.63) is 60.2 Å². The van der Waals surface area contributed by atoms with E-state index in [2.05, 4.69) is 49.4 Å². The van der Waals surface area contributed by atoms with Crippen LogP contribution in [0.1, 0.15) is 36.5 Å². The number of carbonyl (C=O) groups excluding carboxylic acids is 1. The fourth-order valence-electron chi connectivity index (χ4n) is 3.71. The van der Waals surface area contributed by atoms with Crippen molar-refractivity contribution in [3.8, 4) is 0 Å². The summed E-state index contributed by atoms with van der Waals surface area (Å²) in [5.41, 5.74) is 6.91. The molecule has 0 aliphatic heterocycles. The zero-order valence-electron chi connectivity index (χ0n) is 13.9. The minimum absolute atomic E-state index is 0.0568. The number of hydrogen-bond acceptors (Lipinski definition) is 2. The Kier molecular flexibility index (Phi) is 3.70. The second-order valence-electron chi connectivity index (χ2n) is 6.58. The van der Waals surface area contributed by atoms with E-state index >= 15 is 0 Å². The van der Waals surface area contributed by atoms with Crippen molar-refractivity contribution in [3.63, 3.8) is 0 Å². The predicted octanol–water partition coefficient (Wildman–Crippen LogP) is 5.28. The highest BCUT2D eigenvalue weighted by Gasteiger charge is 2.19. The molecule has 1 unspecified atom stereocenters. The molecule has 0 aliphatic carbocycles. The molecule has 2 N–H and O–H groups in total. The summed E-state index contributed by atoms with van der Waals surface area (Å²) in [6.07, 6.45) is 2.79. The molecule has 120 valence electrons. The molecule has 4 aromatic rings. The standard InChI is InChI=1S/C22H21NO/c1-2-3-7-19(23)22(24)18-13-11-16-9-8-14-5-4-6-15-10-12-17(18)21(16)20(14)15/h4-6,8-13,19H,2-3,7,23H2,1H3. The van der Waals surface area contributed by atoms with Crippen molar-refractivity contribution >= 4 is 38.1 Å². The highest BCUT2D eigenvalue weighted by molar-refractivity contribution is 6.26. The summed E-state index contributed by atoms with van der Waals surface area (Å²) in [6.45, 7) is 2.12. The monoisotopic (exact) mass is 315 g/mol. The quantitative estimate of drug-likeness (QED) is 0.402. The number of hydrogen-bond donors (Lipinski definition) is 1. The van der Waals surface area contributed by atoms with E-state index in [0.29, 0.717) is 0 Å². The molecule has 0 fully saturated rings. The summed E-state index contributed by atoms with van der Waals surface area (Å²) in [6, 6.07) is 18.4. The largest absolute Gasteiger partial charge is 0.321 e. The van der Waals surface area contributed by atoms with Crippen molar-refractivity contribution in [2.75, 3.05) is 0 Å². The van der Waals surface area contributed by atoms with Crippen LogP contribution in [0.4, 0.5) is 0 Å². The van der Waals surface area contributed by atoms with E-state index < -0.39 is 6.04 Å². The average molecular weight is 315 g/mol. The molecule has 0 saturated carbocycles. The molecule has 0 spiro atoms. The summed E-state index contributed by atoms with van der Waals surface area (Å²) in [5, 5.41) is 7.04. The van der Waals surface area contributed by atoms with Crippen molar-refractivity contribution in [1.29, 1.82) is 0 Å². The van der Waals surface area contributed by atoms with Gasteiger partial charge in [0.25, 0.3) is 0 Å². The topological polar surface area (TPSA) is 43.1 Å². The lowest BCUT2D eigenvalue weighted by molar-refractivity contribution is 0.0958. The minimum atomic E-state index is -0.413. The Labute approximate surface area is 141 Å². The molecule has 0 heterocycles. The number of carbonyl (C=O) groups is 1. The van der Waals surface area contributed by atoms with Crippen molar-refractivity contribution in [2.45, 2.75) is 32.2 Å². The van der Waals surface area contributed by atoms with E-state index in [-0.39, 0.29) is 5.78 Å². The van der Waals surface area contributed by atoms with Gasteiger partial charge in [0, 0.05) is 5.56 Å². The molecule has 0 saturated heterocycles. The summed E-state index contributed by atoms with van der Waals surface area (Å²) >= 11 is 0. The second kappa shape index (κ2) is 5.88. The van der Waals surface area contributed by atoms with Gasteiger partial charge in [0.05, 0.1) is 6.04 Å². The van der Waals surface area contributed by atoms with Gasteiger partial charge in [-0.15, -0.1) is 0 Å². The third-order valence-corrected chi connectivity index (χ3v) is 5.00. The van der Waals surface area contributed by atoms with Crippen LogP contribution in [-0.4, -0.2) is 11.8 Å². The van der Waals surface area contributed by atoms with Crippen LogP contribution < -0.4 is 5.73 Å². The molecule has 0 bridgehead atoms. The number of benzene rings is 4. The van der Waals surface area contributed by atoms with Crippen LogP contribution >= 0.6 is 0 Å². The highest BCUT2D eigenvalue weighted by atomic mass is 16.1. The third kappa shape index (κ3) is 2.26. The smallest absolute Gasteiger partial charge is 0.180 e. The fraction of sp³-hybridized carbons (Fsp3) is 0.227. The van der Waals surface area contributed by atoms with Crippen molar-refractivity contribution in [2.24, 2.45) is 5.73 Å². The Morgan fingerprint density at radius 1 is 0.917 bits per heavy atom. The number of rotatable bonds is 5. The Morgan fingerprint density at radius 3 is 2.25 bits per heavy atom. The lowest BCUT2D eigenvalue weighted by Crippen LogP contribution is -2.30. The first kappa shape index (κ1) is 15.1. The highest BCUT2D eigenvalue weighted by Crippen LogP contribution is 2.36. The molecular formula is C22H21NO. The molecule has 1 atom stereocenters. The molecule has 2 heteroatoms. The van der Waals surface area contributed by atoms with Crippen LogP contribution in [0.15, 0.2) is 54.6 Å². The van der Waals surface area contributed by atoms with Gasteiger partial charge in [0.15, 0.2) is 5.78 Å². The van der Waals surface area contributed by atoms with Gasteiger partial charge in [-0.3, -0.25) is 4.79 Å². The first-order chi connectivity index (χ1) is 11.7. The lowest BCUT2D eigenvalue weighted by Gasteiger charge is -2.15. The molecule has 2 nitrogen and oxygen atoms in total. The van der Waals surface area contributed by atoms with Gasteiger partial charge in [-0.25, -0.2) is 0 Å². The van der Waals surface area contributed by atoms with Gasteiger partial charge in [0.1, 0.15) is 0 Å². The summed E-state index contributed by atoms with van der Waals surface area (Å²) < 4.78 is 0. The summed E-state index contributed by atoms with van der Waals surface area (Å²) in [7, 11) is 0. The Morgan fingerprint density at radius 2 is 1.54 bits per heavy atom. The predicted molar refractivity (Wildman–Crippen MR) is 102 cm³/mol. The lowest BCUT2D eigenvalue weighted by atomic mass is 9.89. The Balaban J connectivity index is 1.96. The van der Waals surface area contributed by atoms with Gasteiger partial charge in [-0.2, -0.15) is 0 Å². The van der Waals surface area contributed by atoms with Gasteiger partial charge < -0.3 is 5.73 Å². The fourth-order valence-corrected chi connectivity index (χ4v) is 3.71. The number of nitrogens with two attached hydrogens (primary N) is 1. The molecule has 4 rings (SSSR count). The number of ketones is 1. The Bertz CT molecular complexity index is 1020. The van der Waals surface area contributed by atoms with Crippen LogP contribution in [0.25, 0.3) is 32.3 Å². The summed E-state index contributed by atoms with van der Waals surface area (Å²) in [5.74, 6) is 0.0568. The maximum atomic E-state index is 12.9. The zero-order chi connectivity index (χ0) is 16.7. The van der Waals surface area contributed by atoms with Crippen LogP contribution in [0.5, 0.6) is 0 Å².